The summed E-state index contributed by atoms with van der Waals surface area (Å²) in [7, 11) is 0. The third kappa shape index (κ3) is 3.97. The summed E-state index contributed by atoms with van der Waals surface area (Å²) in [6.07, 6.45) is 10.1. The maximum atomic E-state index is 4.85. The van der Waals surface area contributed by atoms with Crippen LogP contribution in [0.1, 0.15) is 12.8 Å². The normalized spacial score (nSPS) is 15.8. The van der Waals surface area contributed by atoms with Gasteiger partial charge in [-0.05, 0) is 37.1 Å². The topological polar surface area (TPSA) is 90.9 Å². The van der Waals surface area contributed by atoms with Crippen LogP contribution in [0.15, 0.2) is 47.9 Å². The number of benzene rings is 1. The minimum atomic E-state index is 0.633. The van der Waals surface area contributed by atoms with Crippen LogP contribution in [-0.2, 0) is 0 Å². The zero-order valence-corrected chi connectivity index (χ0v) is 17.6. The van der Waals surface area contributed by atoms with Crippen molar-refractivity contribution in [1.29, 1.82) is 0 Å². The predicted molar refractivity (Wildman–Crippen MR) is 122 cm³/mol. The van der Waals surface area contributed by atoms with E-state index in [4.69, 9.17) is 9.97 Å². The molecule has 5 rings (SSSR count). The second-order valence-electron chi connectivity index (χ2n) is 7.40. The van der Waals surface area contributed by atoms with E-state index >= 15 is 0 Å². The Morgan fingerprint density at radius 3 is 2.83 bits per heavy atom. The zero-order valence-electron chi connectivity index (χ0n) is 16.8. The number of aromatic nitrogens is 4. The first-order valence-electron chi connectivity index (χ1n) is 10.1. The number of fused-ring (bicyclic) bond motifs is 1. The number of nitrogens with one attached hydrogen (secondary N) is 3. The van der Waals surface area contributed by atoms with E-state index in [-0.39, 0.29) is 0 Å². The van der Waals surface area contributed by atoms with Gasteiger partial charge in [-0.25, -0.2) is 15.0 Å². The number of rotatable bonds is 7. The second kappa shape index (κ2) is 8.35. The highest BCUT2D eigenvalue weighted by atomic mass is 32.2. The summed E-state index contributed by atoms with van der Waals surface area (Å²) in [6.45, 7) is 2.55. The Bertz CT molecular complexity index is 1080. The van der Waals surface area contributed by atoms with Gasteiger partial charge in [-0.3, -0.25) is 0 Å². The number of anilines is 4. The van der Waals surface area contributed by atoms with Crippen molar-refractivity contribution >= 4 is 46.1 Å². The van der Waals surface area contributed by atoms with Gasteiger partial charge in [0.1, 0.15) is 17.4 Å². The molecule has 3 heterocycles. The van der Waals surface area contributed by atoms with Crippen LogP contribution in [0.2, 0.25) is 0 Å². The Morgan fingerprint density at radius 1 is 1.13 bits per heavy atom. The van der Waals surface area contributed by atoms with Crippen LogP contribution in [-0.4, -0.2) is 45.8 Å². The number of hydrogen-bond donors (Lipinski definition) is 3. The Kier molecular flexibility index (Phi) is 5.27. The number of nitrogens with zero attached hydrogens (tertiary/aromatic N) is 5. The molecule has 3 N–H and O–H groups in total. The van der Waals surface area contributed by atoms with E-state index in [9.17, 15) is 0 Å². The Hall–Kier alpha value is -3.07. The van der Waals surface area contributed by atoms with Gasteiger partial charge in [-0.1, -0.05) is 12.1 Å². The maximum absolute atomic E-state index is 4.85. The second-order valence-corrected chi connectivity index (χ2v) is 8.25. The molecule has 30 heavy (non-hydrogen) atoms. The van der Waals surface area contributed by atoms with Crippen molar-refractivity contribution in [3.05, 3.63) is 43.0 Å². The van der Waals surface area contributed by atoms with E-state index in [1.54, 1.807) is 18.1 Å². The lowest BCUT2D eigenvalue weighted by atomic mass is 10.3. The molecule has 1 aromatic carbocycles. The monoisotopic (exact) mass is 420 g/mol. The molecule has 9 heteroatoms. The minimum Gasteiger partial charge on any atom is -0.388 e. The molecule has 8 nitrogen and oxygen atoms in total. The van der Waals surface area contributed by atoms with E-state index in [2.05, 4.69) is 44.3 Å². The summed E-state index contributed by atoms with van der Waals surface area (Å²) < 4.78 is 0. The summed E-state index contributed by atoms with van der Waals surface area (Å²) in [4.78, 5) is 21.9. The molecule has 1 saturated carbocycles. The van der Waals surface area contributed by atoms with Crippen LogP contribution in [0.4, 0.5) is 23.3 Å². The number of thioether (sulfide) groups is 1. The summed E-state index contributed by atoms with van der Waals surface area (Å²) >= 11 is 1.69. The van der Waals surface area contributed by atoms with Crippen LogP contribution in [0.5, 0.6) is 0 Å². The Morgan fingerprint density at radius 2 is 2.03 bits per heavy atom. The molecule has 0 radical (unpaired) electrons. The van der Waals surface area contributed by atoms with Crippen LogP contribution in [0.3, 0.4) is 0 Å². The van der Waals surface area contributed by atoms with Gasteiger partial charge in [-0.2, -0.15) is 4.98 Å². The lowest BCUT2D eigenvalue weighted by Crippen LogP contribution is -2.32. The molecule has 1 aliphatic heterocycles. The van der Waals surface area contributed by atoms with Crippen molar-refractivity contribution in [2.45, 2.75) is 17.7 Å². The molecular formula is C21H24N8S. The first-order chi connectivity index (χ1) is 14.8. The fourth-order valence-corrected chi connectivity index (χ4v) is 3.93. The average Bonchev–Trinajstić information content (AvgIpc) is 3.63. The van der Waals surface area contributed by atoms with Crippen LogP contribution in [0, 0.1) is 5.92 Å². The summed E-state index contributed by atoms with van der Waals surface area (Å²) in [6, 6.07) is 8.20. The van der Waals surface area contributed by atoms with Gasteiger partial charge in [0.25, 0.3) is 0 Å². The van der Waals surface area contributed by atoms with Crippen molar-refractivity contribution in [3.8, 4) is 0 Å². The highest BCUT2D eigenvalue weighted by Gasteiger charge is 2.22. The van der Waals surface area contributed by atoms with Crippen molar-refractivity contribution in [2.75, 3.05) is 41.4 Å². The summed E-state index contributed by atoms with van der Waals surface area (Å²) in [5, 5.41) is 10.2. The third-order valence-corrected chi connectivity index (χ3v) is 6.01. The first kappa shape index (κ1) is 18.9. The van der Waals surface area contributed by atoms with Crippen molar-refractivity contribution in [2.24, 2.45) is 5.92 Å². The number of hydrogen-bond acceptors (Lipinski definition) is 9. The third-order valence-electron chi connectivity index (χ3n) is 5.21. The molecule has 0 amide bonds. The molecule has 1 fully saturated rings. The van der Waals surface area contributed by atoms with Crippen LogP contribution >= 0.6 is 11.8 Å². The highest BCUT2D eigenvalue weighted by molar-refractivity contribution is 7.98. The number of para-hydroxylation sites is 1. The van der Waals surface area contributed by atoms with Crippen molar-refractivity contribution < 1.29 is 0 Å². The fourth-order valence-electron chi connectivity index (χ4n) is 3.37. The molecule has 0 unspecified atom stereocenters. The van der Waals surface area contributed by atoms with E-state index in [1.165, 1.54) is 12.8 Å². The molecule has 0 atom stereocenters. The first-order valence-corrected chi connectivity index (χ1v) is 11.4. The predicted octanol–water partition coefficient (Wildman–Crippen LogP) is 3.59. The lowest BCUT2D eigenvalue weighted by Gasteiger charge is -2.23. The molecule has 0 bridgehead atoms. The van der Waals surface area contributed by atoms with Gasteiger partial charge in [-0.15, -0.1) is 11.8 Å². The van der Waals surface area contributed by atoms with E-state index < -0.39 is 0 Å². The van der Waals surface area contributed by atoms with Gasteiger partial charge in [0.05, 0.1) is 5.69 Å². The van der Waals surface area contributed by atoms with Gasteiger partial charge < -0.3 is 20.9 Å². The molecule has 2 aromatic heterocycles. The molecule has 1 aliphatic carbocycles. The molecule has 154 valence electrons. The van der Waals surface area contributed by atoms with Gasteiger partial charge >= 0.3 is 0 Å². The fraction of sp³-hybridized carbons (Fsp3) is 0.333. The van der Waals surface area contributed by atoms with E-state index in [0.29, 0.717) is 17.3 Å². The molecule has 3 aromatic rings. The molecule has 0 saturated heterocycles. The van der Waals surface area contributed by atoms with Crippen molar-refractivity contribution in [3.63, 3.8) is 0 Å². The highest BCUT2D eigenvalue weighted by Crippen LogP contribution is 2.33. The van der Waals surface area contributed by atoms with E-state index in [0.717, 1.165) is 47.5 Å². The lowest BCUT2D eigenvalue weighted by molar-refractivity contribution is 0.761. The average molecular weight is 421 g/mol. The quantitative estimate of drug-likeness (QED) is 0.496. The van der Waals surface area contributed by atoms with Gasteiger partial charge in [0.2, 0.25) is 5.95 Å². The van der Waals surface area contributed by atoms with Crippen LogP contribution in [0.25, 0.3) is 11.0 Å². The molecule has 0 spiro atoms. The standard InChI is InChI=1S/C21H24N8S/c1-30-16-5-3-2-4-15(16)26-20-17-18(19(25-13-24-17)23-12-14-6-7-14)27-21(28-20)29-10-8-22-9-11-29/h2-5,8,10,13-14,22H,6-7,9,11-12H2,1H3,(H,23,24,25)(H,26,27,28). The molecular weight excluding hydrogens is 396 g/mol. The SMILES string of the molecule is CSc1ccccc1Nc1nc(N2C=CNCC2)nc2c(NCC3CC3)ncnc12. The smallest absolute Gasteiger partial charge is 0.232 e. The van der Waals surface area contributed by atoms with Crippen LogP contribution < -0.4 is 20.9 Å². The largest absolute Gasteiger partial charge is 0.388 e. The maximum Gasteiger partial charge on any atom is 0.232 e. The van der Waals surface area contributed by atoms with Crippen molar-refractivity contribution in [1.82, 2.24) is 25.3 Å². The zero-order chi connectivity index (χ0) is 20.3. The minimum absolute atomic E-state index is 0.633. The van der Waals surface area contributed by atoms with E-state index in [1.807, 2.05) is 29.4 Å². The van der Waals surface area contributed by atoms with Gasteiger partial charge in [0.15, 0.2) is 11.6 Å². The summed E-state index contributed by atoms with van der Waals surface area (Å²) in [5.74, 6) is 2.81. The summed E-state index contributed by atoms with van der Waals surface area (Å²) in [5.41, 5.74) is 2.44. The Labute approximate surface area is 179 Å². The Balaban J connectivity index is 1.60. The molecule has 2 aliphatic rings. The van der Waals surface area contributed by atoms with Gasteiger partial charge in [0, 0.05) is 36.9 Å².